The molecule has 1 aromatic heterocycles. The van der Waals surface area contributed by atoms with Gasteiger partial charge in [-0.3, -0.25) is 4.57 Å². The Morgan fingerprint density at radius 1 is 1.15 bits per heavy atom. The van der Waals surface area contributed by atoms with E-state index in [9.17, 15) is 4.39 Å². The number of benzene rings is 2. The number of fused-ring (bicyclic) bond motifs is 1. The van der Waals surface area contributed by atoms with Gasteiger partial charge in [-0.05, 0) is 31.2 Å². The molecule has 1 heterocycles. The number of nitrogens with zero attached hydrogens (tertiary/aromatic N) is 2. The van der Waals surface area contributed by atoms with Gasteiger partial charge in [0.15, 0.2) is 5.82 Å². The predicted octanol–water partition coefficient (Wildman–Crippen LogP) is 4.25. The minimum absolute atomic E-state index is 0.302. The van der Waals surface area contributed by atoms with Crippen LogP contribution in [0.4, 0.5) is 4.39 Å². The van der Waals surface area contributed by atoms with Crippen molar-refractivity contribution in [1.82, 2.24) is 9.55 Å². The van der Waals surface area contributed by atoms with Crippen LogP contribution in [0.2, 0.25) is 0 Å². The van der Waals surface area contributed by atoms with Gasteiger partial charge in [0, 0.05) is 18.0 Å². The smallest absolute Gasteiger partial charge is 0.151 e. The largest absolute Gasteiger partial charge is 0.296 e. The third-order valence-corrected chi connectivity index (χ3v) is 3.50. The average molecular weight is 289 g/mol. The summed E-state index contributed by atoms with van der Waals surface area (Å²) in [7, 11) is 0. The molecule has 0 radical (unpaired) electrons. The first-order valence-corrected chi connectivity index (χ1v) is 7.03. The molecule has 2 nitrogen and oxygen atoms in total. The van der Waals surface area contributed by atoms with Crippen LogP contribution in [0.5, 0.6) is 0 Å². The van der Waals surface area contributed by atoms with Crippen LogP contribution < -0.4 is 0 Å². The SMILES string of the molecule is Cc1ccc(-n2c(CCCl)nc3c(F)cccc32)cc1. The van der Waals surface area contributed by atoms with Crippen molar-refractivity contribution in [2.75, 3.05) is 5.88 Å². The van der Waals surface area contributed by atoms with Crippen molar-refractivity contribution in [2.24, 2.45) is 0 Å². The van der Waals surface area contributed by atoms with E-state index in [2.05, 4.69) is 4.98 Å². The van der Waals surface area contributed by atoms with Gasteiger partial charge in [-0.1, -0.05) is 23.8 Å². The lowest BCUT2D eigenvalue weighted by Gasteiger charge is -2.09. The first-order valence-electron chi connectivity index (χ1n) is 6.49. The Morgan fingerprint density at radius 2 is 1.90 bits per heavy atom. The molecule has 0 aliphatic heterocycles. The Morgan fingerprint density at radius 3 is 2.60 bits per heavy atom. The lowest BCUT2D eigenvalue weighted by atomic mass is 10.2. The molecule has 0 saturated carbocycles. The zero-order valence-corrected chi connectivity index (χ0v) is 11.9. The fourth-order valence-corrected chi connectivity index (χ4v) is 2.52. The van der Waals surface area contributed by atoms with Crippen LogP contribution in [0.3, 0.4) is 0 Å². The summed E-state index contributed by atoms with van der Waals surface area (Å²) >= 11 is 5.84. The molecule has 0 saturated heterocycles. The molecule has 0 N–H and O–H groups in total. The highest BCUT2D eigenvalue weighted by Crippen LogP contribution is 2.24. The van der Waals surface area contributed by atoms with Gasteiger partial charge in [-0.2, -0.15) is 0 Å². The van der Waals surface area contributed by atoms with Crippen LogP contribution in [0.1, 0.15) is 11.4 Å². The maximum absolute atomic E-state index is 13.9. The minimum atomic E-state index is -0.302. The number of hydrogen-bond acceptors (Lipinski definition) is 1. The lowest BCUT2D eigenvalue weighted by molar-refractivity contribution is 0.637. The second-order valence-electron chi connectivity index (χ2n) is 4.75. The summed E-state index contributed by atoms with van der Waals surface area (Å²) < 4.78 is 15.9. The summed E-state index contributed by atoms with van der Waals surface area (Å²) in [5, 5.41) is 0. The van der Waals surface area contributed by atoms with Crippen molar-refractivity contribution in [2.45, 2.75) is 13.3 Å². The van der Waals surface area contributed by atoms with Crippen LogP contribution in [0, 0.1) is 12.7 Å². The summed E-state index contributed by atoms with van der Waals surface area (Å²) in [6, 6.07) is 13.1. The second-order valence-corrected chi connectivity index (χ2v) is 5.12. The molecule has 3 rings (SSSR count). The van der Waals surface area contributed by atoms with E-state index in [0.717, 1.165) is 17.0 Å². The van der Waals surface area contributed by atoms with Gasteiger partial charge in [-0.25, -0.2) is 9.37 Å². The number of aryl methyl sites for hydroxylation is 2. The van der Waals surface area contributed by atoms with Gasteiger partial charge in [0.2, 0.25) is 0 Å². The van der Waals surface area contributed by atoms with Crippen molar-refractivity contribution in [3.63, 3.8) is 0 Å². The number of halogens is 2. The van der Waals surface area contributed by atoms with Gasteiger partial charge in [-0.15, -0.1) is 11.6 Å². The van der Waals surface area contributed by atoms with E-state index < -0.39 is 0 Å². The third-order valence-electron chi connectivity index (χ3n) is 3.32. The van der Waals surface area contributed by atoms with Gasteiger partial charge >= 0.3 is 0 Å². The fourth-order valence-electron chi connectivity index (χ4n) is 2.35. The number of alkyl halides is 1. The first kappa shape index (κ1) is 13.1. The van der Waals surface area contributed by atoms with E-state index in [0.29, 0.717) is 17.8 Å². The van der Waals surface area contributed by atoms with E-state index in [1.54, 1.807) is 6.07 Å². The summed E-state index contributed by atoms with van der Waals surface area (Å²) in [5.74, 6) is 0.935. The summed E-state index contributed by atoms with van der Waals surface area (Å²) in [5.41, 5.74) is 3.33. The van der Waals surface area contributed by atoms with E-state index >= 15 is 0 Å². The zero-order chi connectivity index (χ0) is 14.1. The van der Waals surface area contributed by atoms with Gasteiger partial charge in [0.1, 0.15) is 11.3 Å². The first-order chi connectivity index (χ1) is 9.70. The van der Waals surface area contributed by atoms with E-state index in [4.69, 9.17) is 11.6 Å². The van der Waals surface area contributed by atoms with Crippen LogP contribution in [-0.4, -0.2) is 15.4 Å². The maximum atomic E-state index is 13.9. The highest BCUT2D eigenvalue weighted by molar-refractivity contribution is 6.17. The van der Waals surface area contributed by atoms with Gasteiger partial charge < -0.3 is 0 Å². The molecular weight excluding hydrogens is 275 g/mol. The quantitative estimate of drug-likeness (QED) is 0.659. The monoisotopic (exact) mass is 288 g/mol. The normalized spacial score (nSPS) is 11.2. The van der Waals surface area contributed by atoms with Crippen LogP contribution in [0.15, 0.2) is 42.5 Å². The van der Waals surface area contributed by atoms with Crippen molar-refractivity contribution in [3.05, 3.63) is 59.7 Å². The summed E-state index contributed by atoms with van der Waals surface area (Å²) in [4.78, 5) is 4.40. The summed E-state index contributed by atoms with van der Waals surface area (Å²) in [6.07, 6.45) is 0.601. The van der Waals surface area contributed by atoms with Crippen molar-refractivity contribution >= 4 is 22.6 Å². The van der Waals surface area contributed by atoms with Crippen molar-refractivity contribution in [3.8, 4) is 5.69 Å². The highest BCUT2D eigenvalue weighted by atomic mass is 35.5. The van der Waals surface area contributed by atoms with E-state index in [1.807, 2.05) is 41.8 Å². The average Bonchev–Trinajstić information content (AvgIpc) is 2.80. The van der Waals surface area contributed by atoms with Crippen LogP contribution in [0.25, 0.3) is 16.7 Å². The third kappa shape index (κ3) is 2.18. The molecule has 0 amide bonds. The van der Waals surface area contributed by atoms with Crippen molar-refractivity contribution < 1.29 is 4.39 Å². The molecule has 0 aliphatic carbocycles. The van der Waals surface area contributed by atoms with Crippen LogP contribution in [-0.2, 0) is 6.42 Å². The second kappa shape index (κ2) is 5.25. The Labute approximate surface area is 121 Å². The molecule has 20 heavy (non-hydrogen) atoms. The molecule has 102 valence electrons. The van der Waals surface area contributed by atoms with Crippen LogP contribution >= 0.6 is 11.6 Å². The van der Waals surface area contributed by atoms with Gasteiger partial charge in [0.25, 0.3) is 0 Å². The Balaban J connectivity index is 2.28. The molecule has 0 bridgehead atoms. The molecule has 0 fully saturated rings. The number of para-hydroxylation sites is 1. The number of imidazole rings is 1. The predicted molar refractivity (Wildman–Crippen MR) is 80.2 cm³/mol. The lowest BCUT2D eigenvalue weighted by Crippen LogP contribution is -2.02. The highest BCUT2D eigenvalue weighted by Gasteiger charge is 2.14. The Bertz CT molecular complexity index is 747. The zero-order valence-electron chi connectivity index (χ0n) is 11.1. The van der Waals surface area contributed by atoms with Gasteiger partial charge in [0.05, 0.1) is 5.52 Å². The molecule has 4 heteroatoms. The molecule has 0 spiro atoms. The van der Waals surface area contributed by atoms with Crippen molar-refractivity contribution in [1.29, 1.82) is 0 Å². The number of hydrogen-bond donors (Lipinski definition) is 0. The topological polar surface area (TPSA) is 17.8 Å². The van der Waals surface area contributed by atoms with E-state index in [1.165, 1.54) is 11.6 Å². The molecular formula is C16H14ClFN2. The maximum Gasteiger partial charge on any atom is 0.151 e. The van der Waals surface area contributed by atoms with E-state index in [-0.39, 0.29) is 5.82 Å². The number of rotatable bonds is 3. The molecule has 0 aliphatic rings. The summed E-state index contributed by atoms with van der Waals surface area (Å²) in [6.45, 7) is 2.04. The molecule has 0 atom stereocenters. The standard InChI is InChI=1S/C16H14ClFN2/c1-11-5-7-12(8-6-11)20-14-4-2-3-13(18)16(14)19-15(20)9-10-17/h2-8H,9-10H2,1H3. The molecule has 0 unspecified atom stereocenters. The molecule has 3 aromatic rings. The Kier molecular flexibility index (Phi) is 3.45. The fraction of sp³-hybridized carbons (Fsp3) is 0.188. The Hall–Kier alpha value is -1.87. The minimum Gasteiger partial charge on any atom is -0.296 e. The molecule has 2 aromatic carbocycles. The number of aromatic nitrogens is 2.